The van der Waals surface area contributed by atoms with Crippen molar-refractivity contribution < 1.29 is 23.9 Å². The topological polar surface area (TPSA) is 122 Å². The lowest BCUT2D eigenvalue weighted by molar-refractivity contribution is -0.136. The van der Waals surface area contributed by atoms with Crippen molar-refractivity contribution in [2.45, 2.75) is 39.2 Å². The van der Waals surface area contributed by atoms with Crippen molar-refractivity contribution in [3.8, 4) is 11.5 Å². The molecule has 1 rings (SSSR count). The van der Waals surface area contributed by atoms with Crippen molar-refractivity contribution in [1.82, 2.24) is 0 Å². The van der Waals surface area contributed by atoms with Gasteiger partial charge in [0.25, 0.3) is 0 Å². The Hall–Kier alpha value is -2.41. The maximum absolute atomic E-state index is 11.5. The molecule has 0 saturated heterocycles. The summed E-state index contributed by atoms with van der Waals surface area (Å²) in [6.07, 6.45) is 0.551. The first-order valence-electron chi connectivity index (χ1n) is 6.96. The van der Waals surface area contributed by atoms with Crippen LogP contribution in [0.4, 0.5) is 0 Å². The Morgan fingerprint density at radius 2 is 1.59 bits per heavy atom. The van der Waals surface area contributed by atoms with E-state index in [0.29, 0.717) is 5.56 Å². The Labute approximate surface area is 128 Å². The minimum Gasteiger partial charge on any atom is -0.423 e. The molecule has 0 saturated carbocycles. The molecule has 0 fully saturated rings. The highest BCUT2D eigenvalue weighted by molar-refractivity contribution is 5.80. The van der Waals surface area contributed by atoms with Crippen LogP contribution in [0.1, 0.15) is 32.3 Å². The maximum atomic E-state index is 11.5. The molecule has 1 amide bonds. The summed E-state index contributed by atoms with van der Waals surface area (Å²) in [4.78, 5) is 33.9. The van der Waals surface area contributed by atoms with E-state index in [1.165, 1.54) is 12.1 Å². The number of carbonyl (C=O) groups excluding carboxylic acids is 3. The summed E-state index contributed by atoms with van der Waals surface area (Å²) in [6.45, 7) is 3.30. The lowest BCUT2D eigenvalue weighted by atomic mass is 10.1. The molecule has 7 nitrogen and oxygen atoms in total. The van der Waals surface area contributed by atoms with E-state index in [0.717, 1.165) is 0 Å². The first-order valence-corrected chi connectivity index (χ1v) is 6.96. The van der Waals surface area contributed by atoms with Crippen LogP contribution in [0.5, 0.6) is 11.5 Å². The number of benzene rings is 1. The van der Waals surface area contributed by atoms with Crippen molar-refractivity contribution in [3.63, 3.8) is 0 Å². The molecule has 120 valence electrons. The van der Waals surface area contributed by atoms with Crippen molar-refractivity contribution in [2.75, 3.05) is 0 Å². The van der Waals surface area contributed by atoms with E-state index in [1.54, 1.807) is 19.9 Å². The highest BCUT2D eigenvalue weighted by Gasteiger charge is 2.16. The number of ether oxygens (including phenoxy) is 2. The van der Waals surface area contributed by atoms with Crippen LogP contribution in [0.25, 0.3) is 0 Å². The number of esters is 2. The van der Waals surface area contributed by atoms with Gasteiger partial charge in [-0.2, -0.15) is 0 Å². The molecule has 0 aliphatic heterocycles. The first kappa shape index (κ1) is 17.6. The van der Waals surface area contributed by atoms with Gasteiger partial charge < -0.3 is 20.9 Å². The number of hydrogen-bond donors (Lipinski definition) is 2. The molecule has 0 radical (unpaired) electrons. The molecule has 0 unspecified atom stereocenters. The Kier molecular flexibility index (Phi) is 6.52. The zero-order valence-corrected chi connectivity index (χ0v) is 12.6. The van der Waals surface area contributed by atoms with E-state index >= 15 is 0 Å². The number of hydrogen-bond acceptors (Lipinski definition) is 6. The predicted molar refractivity (Wildman–Crippen MR) is 79.2 cm³/mol. The van der Waals surface area contributed by atoms with E-state index in [1.807, 2.05) is 0 Å². The number of primary amides is 1. The van der Waals surface area contributed by atoms with Gasteiger partial charge in [-0.3, -0.25) is 14.4 Å². The number of rotatable bonds is 7. The maximum Gasteiger partial charge on any atom is 0.311 e. The molecule has 0 spiro atoms. The van der Waals surface area contributed by atoms with E-state index < -0.39 is 23.9 Å². The monoisotopic (exact) mass is 308 g/mol. The van der Waals surface area contributed by atoms with Crippen LogP contribution in [0, 0.1) is 0 Å². The molecule has 0 aliphatic carbocycles. The van der Waals surface area contributed by atoms with Gasteiger partial charge in [-0.05, 0) is 24.1 Å². The molecular weight excluding hydrogens is 288 g/mol. The molecule has 1 aromatic rings. The largest absolute Gasteiger partial charge is 0.423 e. The van der Waals surface area contributed by atoms with Gasteiger partial charge in [0, 0.05) is 12.8 Å². The van der Waals surface area contributed by atoms with Gasteiger partial charge >= 0.3 is 11.9 Å². The third kappa shape index (κ3) is 5.17. The molecular formula is C15H20N2O5. The molecule has 0 bridgehead atoms. The second kappa shape index (κ2) is 8.14. The predicted octanol–water partition coefficient (Wildman–Crippen LogP) is 0.672. The molecule has 0 aromatic heterocycles. The summed E-state index contributed by atoms with van der Waals surface area (Å²) < 4.78 is 10.3. The molecule has 1 aromatic carbocycles. The summed E-state index contributed by atoms with van der Waals surface area (Å²) in [5, 5.41) is 0. The normalized spacial score (nSPS) is 11.6. The molecule has 0 heterocycles. The average Bonchev–Trinajstić information content (AvgIpc) is 2.49. The van der Waals surface area contributed by atoms with Crippen molar-refractivity contribution in [2.24, 2.45) is 11.5 Å². The summed E-state index contributed by atoms with van der Waals surface area (Å²) in [5.74, 6) is -1.29. The zero-order valence-electron chi connectivity index (χ0n) is 12.6. The SMILES string of the molecule is CCC(=O)Oc1ccc(C[C@H](N)C(N)=O)cc1OC(=O)CC. The van der Waals surface area contributed by atoms with Crippen molar-refractivity contribution in [1.29, 1.82) is 0 Å². The quantitative estimate of drug-likeness (QED) is 0.564. The number of amides is 1. The molecule has 7 heteroatoms. The van der Waals surface area contributed by atoms with Crippen LogP contribution in [0.3, 0.4) is 0 Å². The van der Waals surface area contributed by atoms with Gasteiger partial charge in [-0.1, -0.05) is 19.9 Å². The number of carbonyl (C=O) groups is 3. The third-order valence-electron chi connectivity index (χ3n) is 2.85. The molecule has 0 aliphatic rings. The van der Waals surface area contributed by atoms with Crippen molar-refractivity contribution >= 4 is 17.8 Å². The third-order valence-corrected chi connectivity index (χ3v) is 2.85. The fourth-order valence-electron chi connectivity index (χ4n) is 1.59. The lowest BCUT2D eigenvalue weighted by Crippen LogP contribution is -2.38. The van der Waals surface area contributed by atoms with E-state index in [2.05, 4.69) is 0 Å². The highest BCUT2D eigenvalue weighted by Crippen LogP contribution is 2.29. The zero-order chi connectivity index (χ0) is 16.7. The van der Waals surface area contributed by atoms with E-state index in [9.17, 15) is 14.4 Å². The van der Waals surface area contributed by atoms with Crippen LogP contribution < -0.4 is 20.9 Å². The Bertz CT molecular complexity index is 571. The van der Waals surface area contributed by atoms with E-state index in [-0.39, 0.29) is 30.8 Å². The summed E-state index contributed by atoms with van der Waals surface area (Å²) in [5.41, 5.74) is 11.4. The minimum absolute atomic E-state index is 0.114. The first-order chi connectivity index (χ1) is 10.4. The second-order valence-corrected chi connectivity index (χ2v) is 4.65. The van der Waals surface area contributed by atoms with Gasteiger partial charge in [0.05, 0.1) is 6.04 Å². The Balaban J connectivity index is 3.04. The second-order valence-electron chi connectivity index (χ2n) is 4.65. The molecule has 4 N–H and O–H groups in total. The average molecular weight is 308 g/mol. The van der Waals surface area contributed by atoms with Gasteiger partial charge in [-0.25, -0.2) is 0 Å². The van der Waals surface area contributed by atoms with Gasteiger partial charge in [-0.15, -0.1) is 0 Å². The van der Waals surface area contributed by atoms with Gasteiger partial charge in [0.15, 0.2) is 11.5 Å². The molecule has 1 atom stereocenters. The number of nitrogens with two attached hydrogens (primary N) is 2. The minimum atomic E-state index is -0.848. The summed E-state index contributed by atoms with van der Waals surface area (Å²) in [6, 6.07) is 3.78. The Morgan fingerprint density at radius 1 is 1.05 bits per heavy atom. The standard InChI is InChI=1S/C15H20N2O5/c1-3-13(18)21-11-6-5-9(7-10(16)15(17)20)8-12(11)22-14(19)4-2/h5-6,8,10H,3-4,7,16H2,1-2H3,(H2,17,20)/t10-/m0/s1. The van der Waals surface area contributed by atoms with Crippen LogP contribution in [0.2, 0.25) is 0 Å². The summed E-state index contributed by atoms with van der Waals surface area (Å²) in [7, 11) is 0. The van der Waals surface area contributed by atoms with Gasteiger partial charge in [0.2, 0.25) is 5.91 Å². The fourth-order valence-corrected chi connectivity index (χ4v) is 1.59. The lowest BCUT2D eigenvalue weighted by Gasteiger charge is -2.13. The van der Waals surface area contributed by atoms with Crippen LogP contribution in [-0.4, -0.2) is 23.9 Å². The van der Waals surface area contributed by atoms with Crippen LogP contribution in [-0.2, 0) is 20.8 Å². The van der Waals surface area contributed by atoms with Crippen LogP contribution >= 0.6 is 0 Å². The van der Waals surface area contributed by atoms with Crippen molar-refractivity contribution in [3.05, 3.63) is 23.8 Å². The highest BCUT2D eigenvalue weighted by atomic mass is 16.6. The summed E-state index contributed by atoms with van der Waals surface area (Å²) >= 11 is 0. The molecule has 22 heavy (non-hydrogen) atoms. The van der Waals surface area contributed by atoms with Crippen LogP contribution in [0.15, 0.2) is 18.2 Å². The van der Waals surface area contributed by atoms with Gasteiger partial charge in [0.1, 0.15) is 0 Å². The smallest absolute Gasteiger partial charge is 0.311 e. The Morgan fingerprint density at radius 3 is 2.09 bits per heavy atom. The fraction of sp³-hybridized carbons (Fsp3) is 0.400. The van der Waals surface area contributed by atoms with E-state index in [4.69, 9.17) is 20.9 Å².